The number of anilines is 1. The highest BCUT2D eigenvalue weighted by Crippen LogP contribution is 2.50. The highest BCUT2D eigenvalue weighted by molar-refractivity contribution is 8.76. The minimum absolute atomic E-state index is 0.00681. The molecule has 2 N–H and O–H groups in total. The lowest BCUT2D eigenvalue weighted by molar-refractivity contribution is -0.162. The SMILES string of the molecule is COc1cc2cc(c1Cl)N(C)C(=O)C[C@H](OC(=O)[C@H](C)N(C)C(=O)CCSSCCCC(=O)OCC1c3ccccc3-c3ccccc31)[C@@]1(C)O[C@H]1[C@H](C)[C@@H]1C[C@@](O)(NC(=O)O1)[C@H](OC)/C=C/C=C(\C)C2. The van der Waals surface area contributed by atoms with Crippen LogP contribution in [0.1, 0.15) is 82.4 Å². The summed E-state index contributed by atoms with van der Waals surface area (Å²) in [4.78, 5) is 70.2. The van der Waals surface area contributed by atoms with Gasteiger partial charge in [0.15, 0.2) is 5.72 Å². The number of hydrogen-bond donors (Lipinski definition) is 2. The third-order valence-corrected chi connectivity index (χ3v) is 16.9. The van der Waals surface area contributed by atoms with Crippen LogP contribution in [0.5, 0.6) is 5.75 Å². The van der Waals surface area contributed by atoms with E-state index >= 15 is 0 Å². The highest BCUT2D eigenvalue weighted by atomic mass is 35.5. The molecule has 2 saturated heterocycles. The van der Waals surface area contributed by atoms with Crippen LogP contribution in [0.3, 0.4) is 0 Å². The van der Waals surface area contributed by atoms with Gasteiger partial charge < -0.3 is 43.3 Å². The topological polar surface area (TPSA) is 183 Å². The van der Waals surface area contributed by atoms with Crippen molar-refractivity contribution in [3.8, 4) is 16.9 Å². The van der Waals surface area contributed by atoms with Crippen LogP contribution in [-0.4, -0.2) is 128 Å². The lowest BCUT2D eigenvalue weighted by Crippen LogP contribution is -2.63. The second kappa shape index (κ2) is 23.2. The van der Waals surface area contributed by atoms with Crippen molar-refractivity contribution in [3.63, 3.8) is 0 Å². The number of alkyl carbamates (subject to hydrolysis) is 1. The van der Waals surface area contributed by atoms with Crippen molar-refractivity contribution in [3.05, 3.63) is 106 Å². The molecule has 3 aromatic carbocycles. The Morgan fingerprint density at radius 1 is 1.03 bits per heavy atom. The van der Waals surface area contributed by atoms with Crippen molar-refractivity contribution in [2.24, 2.45) is 5.92 Å². The average Bonchev–Trinajstić information content (AvgIpc) is 3.95. The first-order chi connectivity index (χ1) is 33.9. The zero-order chi connectivity index (χ0) is 51.2. The number of ether oxygens (including phenoxy) is 6. The molecule has 71 heavy (non-hydrogen) atoms. The molecule has 15 nitrogen and oxygen atoms in total. The summed E-state index contributed by atoms with van der Waals surface area (Å²) in [5.74, 6) is -0.764. The van der Waals surface area contributed by atoms with Crippen molar-refractivity contribution >= 4 is 68.7 Å². The number of allylic oxidation sites excluding steroid dienone is 3. The number of esters is 2. The van der Waals surface area contributed by atoms with Gasteiger partial charge in [0.05, 0.1) is 25.3 Å². The Balaban J connectivity index is 0.959. The number of fused-ring (bicyclic) bond motifs is 8. The number of amides is 3. The van der Waals surface area contributed by atoms with Crippen LogP contribution in [0.25, 0.3) is 11.1 Å². The van der Waals surface area contributed by atoms with E-state index in [9.17, 15) is 29.1 Å². The number of rotatable bonds is 15. The maximum atomic E-state index is 14.3. The number of epoxide rings is 1. The summed E-state index contributed by atoms with van der Waals surface area (Å²) in [6.45, 7) is 7.28. The van der Waals surface area contributed by atoms with Crippen LogP contribution >= 0.6 is 33.2 Å². The van der Waals surface area contributed by atoms with Gasteiger partial charge in [-0.1, -0.05) is 112 Å². The fourth-order valence-electron chi connectivity index (χ4n) is 9.60. The van der Waals surface area contributed by atoms with Crippen molar-refractivity contribution < 1.29 is 57.5 Å². The average molecular weight is 1030 g/mol. The predicted octanol–water partition coefficient (Wildman–Crippen LogP) is 8.42. The number of carbonyl (C=O) groups is 5. The molecule has 0 saturated carbocycles. The molecule has 0 spiro atoms. The van der Waals surface area contributed by atoms with Gasteiger partial charge in [0.1, 0.15) is 47.3 Å². The predicted molar refractivity (Wildman–Crippen MR) is 274 cm³/mol. The van der Waals surface area contributed by atoms with Crippen LogP contribution in [0.4, 0.5) is 10.5 Å². The van der Waals surface area contributed by atoms with Crippen LogP contribution in [0.2, 0.25) is 5.02 Å². The van der Waals surface area contributed by atoms with Crippen LogP contribution < -0.4 is 15.0 Å². The van der Waals surface area contributed by atoms with E-state index in [0.29, 0.717) is 35.8 Å². The maximum absolute atomic E-state index is 14.3. The Hall–Kier alpha value is -5.04. The molecule has 3 aromatic rings. The molecule has 3 aliphatic heterocycles. The van der Waals surface area contributed by atoms with E-state index in [2.05, 4.69) is 29.6 Å². The normalized spacial score (nSPS) is 26.8. The number of carbonyl (C=O) groups excluding carboxylic acids is 5. The number of methoxy groups -OCH3 is 2. The number of benzene rings is 3. The van der Waals surface area contributed by atoms with E-state index in [1.165, 1.54) is 64.1 Å². The van der Waals surface area contributed by atoms with Gasteiger partial charge in [-0.05, 0) is 73.6 Å². The van der Waals surface area contributed by atoms with E-state index in [4.69, 9.17) is 40.0 Å². The molecule has 1 aliphatic carbocycles. The first-order valence-corrected chi connectivity index (χ1v) is 26.7. The summed E-state index contributed by atoms with van der Waals surface area (Å²) in [6, 6.07) is 19.0. The summed E-state index contributed by atoms with van der Waals surface area (Å²) in [6.07, 6.45) is 1.79. The highest BCUT2D eigenvalue weighted by Gasteiger charge is 2.64. The smallest absolute Gasteiger partial charge is 0.409 e. The summed E-state index contributed by atoms with van der Waals surface area (Å²) in [5, 5.41) is 14.6. The number of hydrogen-bond acceptors (Lipinski definition) is 14. The molecule has 0 aromatic heterocycles. The standard InChI is InChI=1S/C53H64ClN3O12S2/c1-31-15-13-20-43(65-8)53(63)29-42(67-51(62)55-53)32(2)49-52(4,69-49)44(28-46(59)57(6)40-26-34(25-31)27-41(64-7)48(40)54)68-50(61)33(3)56(5)45(58)22-24-71-70-23-14-21-47(60)66-30-39-37-18-11-9-16-35(37)36-17-10-12-19-38(36)39/h9-13,15-20,26-27,32-33,39,42-44,49,63H,14,21-25,28-30H2,1-8H3,(H,55,62)/b20-13+,31-15+/t32-,33+,42+,43-,44+,49+,52-,53+/m1/s1. The van der Waals surface area contributed by atoms with Crippen LogP contribution in [-0.2, 0) is 49.3 Å². The zero-order valence-electron chi connectivity index (χ0n) is 41.4. The molecule has 0 radical (unpaired) electrons. The molecular formula is C53H64ClN3O12S2. The Morgan fingerprint density at radius 2 is 1.70 bits per heavy atom. The van der Waals surface area contributed by atoms with Crippen LogP contribution in [0.15, 0.2) is 84.5 Å². The number of nitrogens with one attached hydrogen (secondary N) is 1. The Kier molecular flexibility index (Phi) is 17.6. The van der Waals surface area contributed by atoms with Gasteiger partial charge in [-0.25, -0.2) is 9.59 Å². The lowest BCUT2D eigenvalue weighted by atomic mass is 9.83. The molecule has 382 valence electrons. The third-order valence-electron chi connectivity index (χ3n) is 14.0. The molecule has 0 unspecified atom stereocenters. The van der Waals surface area contributed by atoms with Gasteiger partial charge in [0.2, 0.25) is 11.8 Å². The molecule has 4 bridgehead atoms. The summed E-state index contributed by atoms with van der Waals surface area (Å²) < 4.78 is 35.2. The molecule has 7 rings (SSSR count). The third kappa shape index (κ3) is 12.3. The van der Waals surface area contributed by atoms with Crippen molar-refractivity contribution in [2.75, 3.05) is 51.3 Å². The molecule has 18 heteroatoms. The number of likely N-dealkylation sites (N-methyl/N-ethyl adjacent to an activating group) is 1. The van der Waals surface area contributed by atoms with E-state index in [-0.39, 0.29) is 55.1 Å². The van der Waals surface area contributed by atoms with Gasteiger partial charge in [-0.2, -0.15) is 0 Å². The van der Waals surface area contributed by atoms with Crippen LogP contribution in [0, 0.1) is 5.92 Å². The van der Waals surface area contributed by atoms with Crippen molar-refractivity contribution in [1.82, 2.24) is 10.2 Å². The monoisotopic (exact) mass is 1030 g/mol. The van der Waals surface area contributed by atoms with Gasteiger partial charge in [0, 0.05) is 63.8 Å². The minimum Gasteiger partial charge on any atom is -0.495 e. The second-order valence-corrected chi connectivity index (χ2v) is 21.9. The number of halogens is 1. The molecular weight excluding hydrogens is 970 g/mol. The van der Waals surface area contributed by atoms with Gasteiger partial charge >= 0.3 is 18.0 Å². The first-order valence-electron chi connectivity index (χ1n) is 23.8. The molecule has 2 fully saturated rings. The van der Waals surface area contributed by atoms with E-state index in [0.717, 1.165) is 11.1 Å². The van der Waals surface area contributed by atoms with E-state index < -0.39 is 65.7 Å². The Bertz CT molecular complexity index is 2500. The molecule has 3 heterocycles. The molecule has 8 atom stereocenters. The molecule has 4 aliphatic rings. The summed E-state index contributed by atoms with van der Waals surface area (Å²) in [5.41, 5.74) is 3.67. The van der Waals surface area contributed by atoms with Gasteiger partial charge in [0.25, 0.3) is 0 Å². The largest absolute Gasteiger partial charge is 0.495 e. The van der Waals surface area contributed by atoms with E-state index in [1.54, 1.807) is 62.9 Å². The number of nitrogens with zero attached hydrogens (tertiary/aromatic N) is 2. The summed E-state index contributed by atoms with van der Waals surface area (Å²) >= 11 is 6.82. The van der Waals surface area contributed by atoms with Gasteiger partial charge in [-0.3, -0.25) is 19.7 Å². The Labute approximate surface area is 428 Å². The fourth-order valence-corrected chi connectivity index (χ4v) is 12.0. The van der Waals surface area contributed by atoms with Crippen molar-refractivity contribution in [2.45, 2.75) is 114 Å². The lowest BCUT2D eigenvalue weighted by Gasteiger charge is -2.42. The maximum Gasteiger partial charge on any atom is 0.409 e. The summed E-state index contributed by atoms with van der Waals surface area (Å²) in [7, 11) is 9.09. The van der Waals surface area contributed by atoms with Gasteiger partial charge in [-0.15, -0.1) is 0 Å². The quantitative estimate of drug-likeness (QED) is 0.0486. The molecule has 3 amide bonds. The minimum atomic E-state index is -1.85. The number of aliphatic hydroxyl groups is 1. The zero-order valence-corrected chi connectivity index (χ0v) is 43.8. The van der Waals surface area contributed by atoms with E-state index in [1.807, 2.05) is 37.3 Å². The Morgan fingerprint density at radius 3 is 2.38 bits per heavy atom. The second-order valence-electron chi connectivity index (χ2n) is 18.8. The fraction of sp³-hybridized carbons (Fsp3) is 0.491. The first kappa shape index (κ1) is 53.8. The van der Waals surface area contributed by atoms with Crippen molar-refractivity contribution in [1.29, 1.82) is 0 Å².